The second-order valence-corrected chi connectivity index (χ2v) is 8.31. The first kappa shape index (κ1) is 14.4. The molecule has 0 radical (unpaired) electrons. The molecule has 0 aliphatic carbocycles. The predicted molar refractivity (Wildman–Crippen MR) is 75.2 cm³/mol. The monoisotopic (exact) mass is 303 g/mol. The average molecular weight is 303 g/mol. The van der Waals surface area contributed by atoms with Crippen LogP contribution >= 0.6 is 11.3 Å². The molecule has 1 amide bonds. The number of hydrogen-bond donors (Lipinski definition) is 2. The van der Waals surface area contributed by atoms with Gasteiger partial charge in [-0.3, -0.25) is 4.79 Å². The van der Waals surface area contributed by atoms with Crippen molar-refractivity contribution in [2.24, 2.45) is 0 Å². The van der Waals surface area contributed by atoms with Gasteiger partial charge in [-0.15, -0.1) is 11.3 Å². The van der Waals surface area contributed by atoms with E-state index in [0.717, 1.165) is 11.1 Å². The van der Waals surface area contributed by atoms with E-state index in [2.05, 4.69) is 15.6 Å². The van der Waals surface area contributed by atoms with Crippen molar-refractivity contribution in [3.05, 3.63) is 11.1 Å². The molecule has 1 aromatic heterocycles. The van der Waals surface area contributed by atoms with Gasteiger partial charge in [0.25, 0.3) is 0 Å². The van der Waals surface area contributed by atoms with Gasteiger partial charge in [0.15, 0.2) is 19.7 Å². The van der Waals surface area contributed by atoms with Crippen LogP contribution in [0.15, 0.2) is 6.20 Å². The second-order valence-electron chi connectivity index (χ2n) is 4.75. The first-order chi connectivity index (χ1) is 8.85. The maximum Gasteiger partial charge on any atom is 0.247 e. The summed E-state index contributed by atoms with van der Waals surface area (Å²) in [6.45, 7) is 2.93. The molecule has 2 rings (SSSR count). The van der Waals surface area contributed by atoms with Crippen LogP contribution in [0, 0.1) is 6.92 Å². The maximum atomic E-state index is 12.4. The molecule has 0 saturated carbocycles. The molecule has 0 atom stereocenters. The summed E-state index contributed by atoms with van der Waals surface area (Å²) in [6.07, 6.45) is 3.37. The van der Waals surface area contributed by atoms with Crippen molar-refractivity contribution in [1.29, 1.82) is 0 Å². The van der Waals surface area contributed by atoms with E-state index in [1.165, 1.54) is 11.3 Å². The third-order valence-electron chi connectivity index (χ3n) is 3.38. The van der Waals surface area contributed by atoms with Crippen LogP contribution in [0.2, 0.25) is 0 Å². The number of rotatable bonds is 3. The van der Waals surface area contributed by atoms with Gasteiger partial charge < -0.3 is 10.6 Å². The first-order valence-corrected chi connectivity index (χ1v) is 8.70. The highest BCUT2D eigenvalue weighted by Gasteiger charge is 2.48. The van der Waals surface area contributed by atoms with E-state index in [9.17, 15) is 13.2 Å². The molecule has 1 saturated heterocycles. The number of aromatic nitrogens is 1. The zero-order valence-corrected chi connectivity index (χ0v) is 12.5. The average Bonchev–Trinajstić information content (AvgIpc) is 2.74. The van der Waals surface area contributed by atoms with Crippen LogP contribution < -0.4 is 10.6 Å². The first-order valence-electron chi connectivity index (χ1n) is 5.99. The Bertz CT molecular complexity index is 574. The van der Waals surface area contributed by atoms with E-state index < -0.39 is 20.5 Å². The Hall–Kier alpha value is -0.990. The molecule has 2 N–H and O–H groups in total. The van der Waals surface area contributed by atoms with Gasteiger partial charge in [-0.05, 0) is 32.9 Å². The van der Waals surface area contributed by atoms with Gasteiger partial charge in [-0.1, -0.05) is 0 Å². The molecule has 2 heterocycles. The minimum Gasteiger partial charge on any atom is -0.317 e. The highest BCUT2D eigenvalue weighted by atomic mass is 32.2. The molecule has 19 heavy (non-hydrogen) atoms. The summed E-state index contributed by atoms with van der Waals surface area (Å²) in [5.41, 5.74) is 0. The van der Waals surface area contributed by atoms with Crippen LogP contribution in [0.3, 0.4) is 0 Å². The lowest BCUT2D eigenvalue weighted by Gasteiger charge is -2.33. The fourth-order valence-electron chi connectivity index (χ4n) is 2.22. The van der Waals surface area contributed by atoms with Gasteiger partial charge in [0.1, 0.15) is 0 Å². The number of thiazole rings is 1. The van der Waals surface area contributed by atoms with E-state index in [4.69, 9.17) is 0 Å². The second kappa shape index (κ2) is 5.18. The summed E-state index contributed by atoms with van der Waals surface area (Å²) in [4.78, 5) is 17.4. The predicted octanol–water partition coefficient (Wildman–Crippen LogP) is 0.557. The molecule has 0 unspecified atom stereocenters. The lowest BCUT2D eigenvalue weighted by atomic mass is 9.96. The molecule has 6 nitrogen and oxygen atoms in total. The zero-order chi connectivity index (χ0) is 14.1. The minimum atomic E-state index is -3.48. The van der Waals surface area contributed by atoms with Gasteiger partial charge in [0, 0.05) is 17.3 Å². The van der Waals surface area contributed by atoms with Gasteiger partial charge in [-0.2, -0.15) is 0 Å². The molecule has 106 valence electrons. The summed E-state index contributed by atoms with van der Waals surface area (Å²) >= 11 is 1.34. The van der Waals surface area contributed by atoms with E-state index >= 15 is 0 Å². The van der Waals surface area contributed by atoms with Gasteiger partial charge >= 0.3 is 0 Å². The number of piperidine rings is 1. The fraction of sp³-hybridized carbons (Fsp3) is 0.636. The van der Waals surface area contributed by atoms with Crippen molar-refractivity contribution in [3.8, 4) is 0 Å². The Morgan fingerprint density at radius 1 is 1.47 bits per heavy atom. The van der Waals surface area contributed by atoms with Crippen molar-refractivity contribution in [1.82, 2.24) is 10.3 Å². The van der Waals surface area contributed by atoms with E-state index in [0.29, 0.717) is 31.1 Å². The Morgan fingerprint density at radius 2 is 2.11 bits per heavy atom. The zero-order valence-electron chi connectivity index (χ0n) is 10.9. The normalized spacial score (nSPS) is 19.1. The van der Waals surface area contributed by atoms with Crippen LogP contribution in [-0.4, -0.2) is 43.4 Å². The van der Waals surface area contributed by atoms with Crippen molar-refractivity contribution in [3.63, 3.8) is 0 Å². The number of aryl methyl sites for hydroxylation is 1. The van der Waals surface area contributed by atoms with Crippen molar-refractivity contribution in [2.75, 3.05) is 24.7 Å². The third-order valence-corrected chi connectivity index (χ3v) is 6.22. The molecule has 0 spiro atoms. The maximum absolute atomic E-state index is 12.4. The van der Waals surface area contributed by atoms with Crippen molar-refractivity contribution < 1.29 is 13.2 Å². The van der Waals surface area contributed by atoms with Crippen LogP contribution in [0.25, 0.3) is 0 Å². The lowest BCUT2D eigenvalue weighted by Crippen LogP contribution is -2.55. The van der Waals surface area contributed by atoms with Crippen LogP contribution in [0.1, 0.15) is 17.7 Å². The third kappa shape index (κ3) is 2.80. The molecule has 0 aromatic carbocycles. The number of nitrogens with one attached hydrogen (secondary N) is 2. The number of anilines is 1. The number of amides is 1. The topological polar surface area (TPSA) is 88.2 Å². The molecule has 8 heteroatoms. The molecular weight excluding hydrogens is 286 g/mol. The highest BCUT2D eigenvalue weighted by Crippen LogP contribution is 2.30. The molecule has 1 aliphatic heterocycles. The highest BCUT2D eigenvalue weighted by molar-refractivity contribution is 7.92. The quantitative estimate of drug-likeness (QED) is 0.851. The van der Waals surface area contributed by atoms with Crippen LogP contribution in [0.5, 0.6) is 0 Å². The summed E-state index contributed by atoms with van der Waals surface area (Å²) in [6, 6.07) is 0. The number of sulfone groups is 1. The largest absolute Gasteiger partial charge is 0.317 e. The molecule has 1 aliphatic rings. The fourth-order valence-corrected chi connectivity index (χ4v) is 4.21. The smallest absolute Gasteiger partial charge is 0.247 e. The molecule has 1 aromatic rings. The van der Waals surface area contributed by atoms with Crippen LogP contribution in [0.4, 0.5) is 5.13 Å². The summed E-state index contributed by atoms with van der Waals surface area (Å²) < 4.78 is 22.7. The summed E-state index contributed by atoms with van der Waals surface area (Å²) in [5, 5.41) is 6.17. The number of carbonyl (C=O) groups is 1. The van der Waals surface area contributed by atoms with E-state index in [-0.39, 0.29) is 0 Å². The van der Waals surface area contributed by atoms with Crippen molar-refractivity contribution in [2.45, 2.75) is 24.5 Å². The summed E-state index contributed by atoms with van der Waals surface area (Å²) in [5.74, 6) is -0.467. The molecule has 1 fully saturated rings. The Balaban J connectivity index is 2.26. The lowest BCUT2D eigenvalue weighted by molar-refractivity contribution is -0.119. The summed E-state index contributed by atoms with van der Waals surface area (Å²) in [7, 11) is -3.48. The minimum absolute atomic E-state index is 0.294. The molecule has 0 bridgehead atoms. The Labute approximate surface area is 116 Å². The molecular formula is C11H17N3O3S2. The van der Waals surface area contributed by atoms with Crippen molar-refractivity contribution >= 4 is 32.2 Å². The Kier molecular flexibility index (Phi) is 3.93. The van der Waals surface area contributed by atoms with Gasteiger partial charge in [-0.25, -0.2) is 13.4 Å². The van der Waals surface area contributed by atoms with E-state index in [1.54, 1.807) is 6.20 Å². The van der Waals surface area contributed by atoms with E-state index in [1.807, 2.05) is 6.92 Å². The van der Waals surface area contributed by atoms with Gasteiger partial charge in [0.2, 0.25) is 5.91 Å². The number of hydrogen-bond acceptors (Lipinski definition) is 6. The SMILES string of the molecule is Cc1cnc(NC(=O)C2(S(C)(=O)=O)CCNCC2)s1. The Morgan fingerprint density at radius 3 is 2.58 bits per heavy atom. The number of nitrogens with zero attached hydrogens (tertiary/aromatic N) is 1. The standard InChI is InChI=1S/C11H17N3O3S2/c1-8-7-13-10(18-8)14-9(15)11(19(2,16)17)3-5-12-6-4-11/h7,12H,3-6H2,1-2H3,(H,13,14,15). The number of carbonyl (C=O) groups excluding carboxylic acids is 1. The van der Waals surface area contributed by atoms with Gasteiger partial charge in [0.05, 0.1) is 0 Å². The van der Waals surface area contributed by atoms with Crippen LogP contribution in [-0.2, 0) is 14.6 Å².